The Labute approximate surface area is 187 Å². The fraction of sp³-hybridized carbons (Fsp3) is 0. The Morgan fingerprint density at radius 1 is 1.06 bits per heavy atom. The normalized spacial score (nSPS) is 11.4. The summed E-state index contributed by atoms with van der Waals surface area (Å²) in [5.41, 5.74) is 11.1. The number of sulfonamides is 1. The molecule has 0 atom stereocenters. The highest BCUT2D eigenvalue weighted by atomic mass is 32.2. The monoisotopic (exact) mass is 470 g/mol. The Morgan fingerprint density at radius 3 is 2.41 bits per heavy atom. The van der Waals surface area contributed by atoms with Crippen LogP contribution in [0.4, 0.5) is 5.69 Å². The summed E-state index contributed by atoms with van der Waals surface area (Å²) >= 11 is 1.23. The maximum atomic E-state index is 12.9. The van der Waals surface area contributed by atoms with Gasteiger partial charge in [0.2, 0.25) is 5.96 Å². The molecule has 0 saturated heterocycles. The van der Waals surface area contributed by atoms with Gasteiger partial charge in [0, 0.05) is 18.1 Å². The zero-order chi connectivity index (χ0) is 23.1. The number of thiophene rings is 1. The topological polar surface area (TPSA) is 170 Å². The number of pyridine rings is 1. The Bertz CT molecular complexity index is 1270. The second-order valence-electron chi connectivity index (χ2n) is 6.25. The van der Waals surface area contributed by atoms with E-state index in [4.69, 9.17) is 11.5 Å². The van der Waals surface area contributed by atoms with Gasteiger partial charge in [0.15, 0.2) is 0 Å². The minimum absolute atomic E-state index is 0.0198. The molecule has 164 valence electrons. The summed E-state index contributed by atoms with van der Waals surface area (Å²) in [6.07, 6.45) is 4.60. The maximum absolute atomic E-state index is 12.9. The van der Waals surface area contributed by atoms with Gasteiger partial charge in [0.25, 0.3) is 21.8 Å². The summed E-state index contributed by atoms with van der Waals surface area (Å²) in [6.45, 7) is 0. The lowest BCUT2D eigenvalue weighted by molar-refractivity contribution is -0.113. The number of amides is 2. The van der Waals surface area contributed by atoms with Gasteiger partial charge in [-0.15, -0.1) is 15.7 Å². The smallest absolute Gasteiger partial charge is 0.285 e. The van der Waals surface area contributed by atoms with Crippen molar-refractivity contribution in [1.29, 1.82) is 0 Å². The van der Waals surface area contributed by atoms with Crippen LogP contribution in [0, 0.1) is 0 Å². The van der Waals surface area contributed by atoms with Crippen LogP contribution in [0.5, 0.6) is 0 Å². The van der Waals surface area contributed by atoms with Crippen LogP contribution in [-0.4, -0.2) is 31.2 Å². The van der Waals surface area contributed by atoms with Gasteiger partial charge in [-0.3, -0.25) is 14.6 Å². The summed E-state index contributed by atoms with van der Waals surface area (Å²) in [6, 6.07) is 12.0. The molecule has 1 aromatic carbocycles. The van der Waals surface area contributed by atoms with E-state index in [1.165, 1.54) is 47.9 Å². The highest BCUT2D eigenvalue weighted by Crippen LogP contribution is 2.17. The first-order valence-electron chi connectivity index (χ1n) is 8.98. The van der Waals surface area contributed by atoms with Crippen LogP contribution in [0.2, 0.25) is 0 Å². The fourth-order valence-electron chi connectivity index (χ4n) is 2.48. The Balaban J connectivity index is 1.83. The predicted octanol–water partition coefficient (Wildman–Crippen LogP) is 1.51. The molecule has 0 unspecified atom stereocenters. The summed E-state index contributed by atoms with van der Waals surface area (Å²) in [7, 11) is -4.05. The second-order valence-corrected chi connectivity index (χ2v) is 8.80. The molecule has 10 nitrogen and oxygen atoms in total. The number of carbonyl (C=O) groups is 2. The number of nitrogens with one attached hydrogen (secondary N) is 2. The van der Waals surface area contributed by atoms with E-state index in [2.05, 4.69) is 20.0 Å². The molecule has 3 aromatic rings. The summed E-state index contributed by atoms with van der Waals surface area (Å²) in [5, 5.41) is 6.96. The van der Waals surface area contributed by atoms with Crippen molar-refractivity contribution in [3.63, 3.8) is 0 Å². The molecule has 6 N–H and O–H groups in total. The van der Waals surface area contributed by atoms with E-state index < -0.39 is 27.8 Å². The Morgan fingerprint density at radius 2 is 1.81 bits per heavy atom. The van der Waals surface area contributed by atoms with Crippen LogP contribution in [0.15, 0.2) is 81.3 Å². The minimum Gasteiger partial charge on any atom is -0.369 e. The first kappa shape index (κ1) is 22.7. The van der Waals surface area contributed by atoms with Gasteiger partial charge in [0.1, 0.15) is 5.70 Å². The van der Waals surface area contributed by atoms with Gasteiger partial charge in [-0.05, 0) is 53.4 Å². The van der Waals surface area contributed by atoms with Gasteiger partial charge in [0.05, 0.1) is 9.77 Å². The van der Waals surface area contributed by atoms with Gasteiger partial charge < -0.3 is 22.1 Å². The van der Waals surface area contributed by atoms with Crippen molar-refractivity contribution >= 4 is 50.9 Å². The average Bonchev–Trinajstić information content (AvgIpc) is 3.28. The van der Waals surface area contributed by atoms with Gasteiger partial charge in [-0.25, -0.2) is 0 Å². The third-order valence-electron chi connectivity index (χ3n) is 3.87. The lowest BCUT2D eigenvalue weighted by Gasteiger charge is -2.11. The second kappa shape index (κ2) is 9.85. The van der Waals surface area contributed by atoms with E-state index in [1.807, 2.05) is 0 Å². The first-order valence-corrected chi connectivity index (χ1v) is 11.3. The molecular formula is C20H18N6O4S2. The van der Waals surface area contributed by atoms with E-state index in [-0.39, 0.29) is 10.6 Å². The standard InChI is InChI=1S/C20H18N6O4S2/c21-20(22)26-32(29,30)15-7-5-14(6-8-15)24-18(27)16(11-13-3-1-9-23-12-13)25-19(28)17-4-2-10-31-17/h1-12H,(H,24,27)(H,25,28)(H4,21,22,26)/b16-11+. The van der Waals surface area contributed by atoms with Crippen molar-refractivity contribution < 1.29 is 18.0 Å². The third kappa shape index (κ3) is 6.00. The molecule has 0 fully saturated rings. The molecule has 32 heavy (non-hydrogen) atoms. The van der Waals surface area contributed by atoms with Gasteiger partial charge in [-0.1, -0.05) is 12.1 Å². The van der Waals surface area contributed by atoms with Crippen LogP contribution < -0.4 is 22.1 Å². The number of guanidine groups is 1. The number of carbonyl (C=O) groups excluding carboxylic acids is 2. The lowest BCUT2D eigenvalue weighted by atomic mass is 10.2. The molecule has 0 saturated carbocycles. The van der Waals surface area contributed by atoms with Crippen LogP contribution in [0.3, 0.4) is 0 Å². The van der Waals surface area contributed by atoms with Crippen LogP contribution >= 0.6 is 11.3 Å². The highest BCUT2D eigenvalue weighted by molar-refractivity contribution is 7.90. The highest BCUT2D eigenvalue weighted by Gasteiger charge is 2.17. The molecule has 0 spiro atoms. The molecule has 0 aliphatic rings. The number of anilines is 1. The summed E-state index contributed by atoms with van der Waals surface area (Å²) < 4.78 is 27.2. The molecule has 12 heteroatoms. The number of benzene rings is 1. The van der Waals surface area contributed by atoms with E-state index in [0.717, 1.165) is 0 Å². The van der Waals surface area contributed by atoms with Crippen molar-refractivity contribution in [2.24, 2.45) is 15.9 Å². The van der Waals surface area contributed by atoms with Crippen LogP contribution in [-0.2, 0) is 14.8 Å². The van der Waals surface area contributed by atoms with Crippen LogP contribution in [0.1, 0.15) is 15.2 Å². The van der Waals surface area contributed by atoms with E-state index >= 15 is 0 Å². The lowest BCUT2D eigenvalue weighted by Crippen LogP contribution is -2.30. The molecule has 3 rings (SSSR count). The molecule has 2 amide bonds. The molecule has 2 heterocycles. The number of nitrogens with two attached hydrogens (primary N) is 2. The zero-order valence-electron chi connectivity index (χ0n) is 16.4. The minimum atomic E-state index is -4.05. The molecule has 0 aliphatic carbocycles. The molecular weight excluding hydrogens is 452 g/mol. The third-order valence-corrected chi connectivity index (χ3v) is 6.06. The van der Waals surface area contributed by atoms with Crippen molar-refractivity contribution in [3.8, 4) is 0 Å². The van der Waals surface area contributed by atoms with Gasteiger partial charge >= 0.3 is 0 Å². The fourth-order valence-corrected chi connectivity index (χ4v) is 3.96. The molecule has 0 aliphatic heterocycles. The Kier molecular flexibility index (Phi) is 6.97. The quantitative estimate of drug-likeness (QED) is 0.230. The predicted molar refractivity (Wildman–Crippen MR) is 122 cm³/mol. The Hall–Kier alpha value is -4.03. The number of hydrogen-bond donors (Lipinski definition) is 4. The number of rotatable bonds is 7. The number of hydrogen-bond acceptors (Lipinski definition) is 6. The number of nitrogens with zero attached hydrogens (tertiary/aromatic N) is 2. The average molecular weight is 471 g/mol. The molecule has 0 bridgehead atoms. The summed E-state index contributed by atoms with van der Waals surface area (Å²) in [5.74, 6) is -1.64. The molecule has 0 radical (unpaired) electrons. The van der Waals surface area contributed by atoms with E-state index in [9.17, 15) is 18.0 Å². The maximum Gasteiger partial charge on any atom is 0.285 e. The van der Waals surface area contributed by atoms with Crippen molar-refractivity contribution in [2.75, 3.05) is 5.32 Å². The summed E-state index contributed by atoms with van der Waals surface area (Å²) in [4.78, 5) is 29.6. The SMILES string of the molecule is NC(N)=NS(=O)(=O)c1ccc(NC(=O)/C(=C\c2cccnc2)NC(=O)c2cccs2)cc1. The zero-order valence-corrected chi connectivity index (χ0v) is 18.1. The largest absolute Gasteiger partial charge is 0.369 e. The molecule has 2 aromatic heterocycles. The van der Waals surface area contributed by atoms with E-state index in [1.54, 1.807) is 35.8 Å². The number of aromatic nitrogens is 1. The van der Waals surface area contributed by atoms with Crippen molar-refractivity contribution in [2.45, 2.75) is 4.90 Å². The van der Waals surface area contributed by atoms with E-state index in [0.29, 0.717) is 16.1 Å². The van der Waals surface area contributed by atoms with Gasteiger partial charge in [-0.2, -0.15) is 8.42 Å². The van der Waals surface area contributed by atoms with Crippen molar-refractivity contribution in [1.82, 2.24) is 10.3 Å². The van der Waals surface area contributed by atoms with Crippen LogP contribution in [0.25, 0.3) is 6.08 Å². The van der Waals surface area contributed by atoms with Crippen molar-refractivity contribution in [3.05, 3.63) is 82.4 Å². The first-order chi connectivity index (χ1) is 15.2.